The maximum absolute atomic E-state index is 13.0. The Hall–Kier alpha value is -2.32. The number of hydrogen-bond acceptors (Lipinski definition) is 3. The Balaban J connectivity index is 1.65. The Morgan fingerprint density at radius 1 is 1.11 bits per heavy atom. The largest absolute Gasteiger partial charge is 0.338 e. The van der Waals surface area contributed by atoms with Crippen LogP contribution in [0.1, 0.15) is 37.8 Å². The van der Waals surface area contributed by atoms with Gasteiger partial charge in [0.1, 0.15) is 5.65 Å². The molecular weight excluding hydrogens is 372 g/mol. The summed E-state index contributed by atoms with van der Waals surface area (Å²) < 4.78 is 53.7. The highest BCUT2D eigenvalue weighted by atomic mass is 32.2. The third kappa shape index (κ3) is 3.59. The number of alkyl halides is 2. The van der Waals surface area contributed by atoms with Crippen molar-refractivity contribution < 1.29 is 17.2 Å². The van der Waals surface area contributed by atoms with Crippen LogP contribution < -0.4 is 4.72 Å². The standard InChI is InChI=1S/C19H19F2N3O2S/c20-18(21)17-11-16-15(9-10-22-19(16)23-17)12-5-7-14(8-6-12)27(25,26)24-13-3-1-2-4-13/h5-11,13,18,24H,1-4H2,(H,22,23). The molecule has 2 aromatic heterocycles. The molecule has 0 spiro atoms. The fourth-order valence-electron chi connectivity index (χ4n) is 3.56. The summed E-state index contributed by atoms with van der Waals surface area (Å²) in [5.74, 6) is 0. The van der Waals surface area contributed by atoms with E-state index in [1.165, 1.54) is 12.3 Å². The molecule has 1 aliphatic rings. The molecule has 2 N–H and O–H groups in total. The number of nitrogens with zero attached hydrogens (tertiary/aromatic N) is 1. The first-order valence-corrected chi connectivity index (χ1v) is 10.3. The Labute approximate surface area is 155 Å². The fourth-order valence-corrected chi connectivity index (χ4v) is 4.87. The van der Waals surface area contributed by atoms with Crippen molar-refractivity contribution in [3.05, 3.63) is 48.3 Å². The summed E-state index contributed by atoms with van der Waals surface area (Å²) in [5.41, 5.74) is 1.64. The second kappa shape index (κ2) is 7.01. The van der Waals surface area contributed by atoms with Crippen molar-refractivity contribution in [2.45, 2.75) is 43.0 Å². The van der Waals surface area contributed by atoms with Crippen LogP contribution in [0.2, 0.25) is 0 Å². The zero-order valence-electron chi connectivity index (χ0n) is 14.5. The van der Waals surface area contributed by atoms with Crippen LogP contribution in [0.4, 0.5) is 8.78 Å². The number of sulfonamides is 1. The van der Waals surface area contributed by atoms with Crippen molar-refractivity contribution in [2.75, 3.05) is 0 Å². The molecule has 1 fully saturated rings. The van der Waals surface area contributed by atoms with Crippen LogP contribution in [0.3, 0.4) is 0 Å². The van der Waals surface area contributed by atoms with Crippen LogP contribution in [0, 0.1) is 0 Å². The van der Waals surface area contributed by atoms with Gasteiger partial charge in [-0.2, -0.15) is 0 Å². The molecule has 0 atom stereocenters. The van der Waals surface area contributed by atoms with Gasteiger partial charge in [-0.25, -0.2) is 26.9 Å². The van der Waals surface area contributed by atoms with Crippen molar-refractivity contribution in [3.8, 4) is 11.1 Å². The average molecular weight is 391 g/mol. The molecule has 0 unspecified atom stereocenters. The maximum Gasteiger partial charge on any atom is 0.278 e. The average Bonchev–Trinajstić information content (AvgIpc) is 3.30. The van der Waals surface area contributed by atoms with Crippen molar-refractivity contribution in [2.24, 2.45) is 0 Å². The number of aromatic nitrogens is 2. The van der Waals surface area contributed by atoms with E-state index in [1.807, 2.05) is 0 Å². The smallest absolute Gasteiger partial charge is 0.278 e. The van der Waals surface area contributed by atoms with Gasteiger partial charge in [-0.05, 0) is 48.2 Å². The van der Waals surface area contributed by atoms with Crippen LogP contribution in [-0.2, 0) is 10.0 Å². The van der Waals surface area contributed by atoms with E-state index >= 15 is 0 Å². The second-order valence-corrected chi connectivity index (χ2v) is 8.49. The number of fused-ring (bicyclic) bond motifs is 1. The Kier molecular flexibility index (Phi) is 4.69. The van der Waals surface area contributed by atoms with Crippen LogP contribution in [0.5, 0.6) is 0 Å². The quantitative estimate of drug-likeness (QED) is 0.677. The molecule has 2 heterocycles. The predicted octanol–water partition coefficient (Wildman–Crippen LogP) is 4.39. The molecule has 27 heavy (non-hydrogen) atoms. The van der Waals surface area contributed by atoms with E-state index < -0.39 is 16.4 Å². The van der Waals surface area contributed by atoms with Gasteiger partial charge in [-0.1, -0.05) is 25.0 Å². The van der Waals surface area contributed by atoms with Gasteiger partial charge in [-0.3, -0.25) is 0 Å². The molecule has 1 saturated carbocycles. The zero-order valence-corrected chi connectivity index (χ0v) is 15.3. The van der Waals surface area contributed by atoms with E-state index in [1.54, 1.807) is 30.3 Å². The molecule has 0 amide bonds. The summed E-state index contributed by atoms with van der Waals surface area (Å²) >= 11 is 0. The minimum atomic E-state index is -3.56. The van der Waals surface area contributed by atoms with Crippen LogP contribution in [-0.4, -0.2) is 24.4 Å². The molecule has 5 nitrogen and oxygen atoms in total. The molecule has 8 heteroatoms. The Bertz CT molecular complexity index is 1060. The number of nitrogens with one attached hydrogen (secondary N) is 2. The molecule has 1 aliphatic carbocycles. The molecule has 4 rings (SSSR count). The zero-order chi connectivity index (χ0) is 19.0. The lowest BCUT2D eigenvalue weighted by Crippen LogP contribution is -2.32. The summed E-state index contributed by atoms with van der Waals surface area (Å²) in [7, 11) is -3.56. The number of rotatable bonds is 5. The minimum absolute atomic E-state index is 0.00197. The lowest BCUT2D eigenvalue weighted by Gasteiger charge is -2.13. The SMILES string of the molecule is O=S(=O)(NC1CCCC1)c1ccc(-c2ccnc3[nH]c(C(F)F)cc23)cc1. The van der Waals surface area contributed by atoms with E-state index in [4.69, 9.17) is 0 Å². The topological polar surface area (TPSA) is 74.8 Å². The molecular formula is C19H19F2N3O2S. The molecule has 142 valence electrons. The van der Waals surface area contributed by atoms with Gasteiger partial charge in [0.15, 0.2) is 0 Å². The van der Waals surface area contributed by atoms with Gasteiger partial charge in [0.05, 0.1) is 10.6 Å². The van der Waals surface area contributed by atoms with Gasteiger partial charge in [-0.15, -0.1) is 0 Å². The number of benzene rings is 1. The first-order chi connectivity index (χ1) is 12.9. The van der Waals surface area contributed by atoms with E-state index in [2.05, 4.69) is 14.7 Å². The van der Waals surface area contributed by atoms with Gasteiger partial charge in [0.25, 0.3) is 6.43 Å². The summed E-state index contributed by atoms with van der Waals surface area (Å²) in [6.45, 7) is 0. The molecule has 0 radical (unpaired) electrons. The number of pyridine rings is 1. The van der Waals surface area contributed by atoms with Crippen LogP contribution in [0.25, 0.3) is 22.2 Å². The molecule has 3 aromatic rings. The molecule has 0 saturated heterocycles. The van der Waals surface area contributed by atoms with E-state index in [0.29, 0.717) is 11.0 Å². The molecule has 0 bridgehead atoms. The Morgan fingerprint density at radius 2 is 1.81 bits per heavy atom. The summed E-state index contributed by atoms with van der Waals surface area (Å²) in [6.07, 6.45) is 2.75. The van der Waals surface area contributed by atoms with E-state index in [9.17, 15) is 17.2 Å². The highest BCUT2D eigenvalue weighted by Crippen LogP contribution is 2.31. The third-order valence-electron chi connectivity index (χ3n) is 4.94. The summed E-state index contributed by atoms with van der Waals surface area (Å²) in [6, 6.07) is 9.57. The maximum atomic E-state index is 13.0. The molecule has 1 aromatic carbocycles. The first-order valence-electron chi connectivity index (χ1n) is 8.82. The Morgan fingerprint density at radius 3 is 2.48 bits per heavy atom. The van der Waals surface area contributed by atoms with Crippen molar-refractivity contribution in [3.63, 3.8) is 0 Å². The van der Waals surface area contributed by atoms with Crippen LogP contribution >= 0.6 is 0 Å². The summed E-state index contributed by atoms with van der Waals surface area (Å²) in [5, 5.41) is 0.576. The second-order valence-electron chi connectivity index (χ2n) is 6.77. The third-order valence-corrected chi connectivity index (χ3v) is 6.48. The fraction of sp³-hybridized carbons (Fsp3) is 0.316. The number of halogens is 2. The highest BCUT2D eigenvalue weighted by molar-refractivity contribution is 7.89. The van der Waals surface area contributed by atoms with Gasteiger partial charge in [0, 0.05) is 17.6 Å². The minimum Gasteiger partial charge on any atom is -0.338 e. The number of hydrogen-bond donors (Lipinski definition) is 2. The van der Waals surface area contributed by atoms with Crippen molar-refractivity contribution in [1.82, 2.24) is 14.7 Å². The normalized spacial score (nSPS) is 15.8. The number of H-pyrrole nitrogens is 1. The van der Waals surface area contributed by atoms with Crippen LogP contribution in [0.15, 0.2) is 47.5 Å². The lowest BCUT2D eigenvalue weighted by atomic mass is 10.0. The number of aromatic amines is 1. The van der Waals surface area contributed by atoms with E-state index in [0.717, 1.165) is 36.8 Å². The monoisotopic (exact) mass is 391 g/mol. The summed E-state index contributed by atoms with van der Waals surface area (Å²) in [4.78, 5) is 6.90. The highest BCUT2D eigenvalue weighted by Gasteiger charge is 2.23. The van der Waals surface area contributed by atoms with Gasteiger partial charge >= 0.3 is 0 Å². The van der Waals surface area contributed by atoms with Gasteiger partial charge in [0.2, 0.25) is 10.0 Å². The van der Waals surface area contributed by atoms with Crippen molar-refractivity contribution >= 4 is 21.1 Å². The van der Waals surface area contributed by atoms with Crippen molar-refractivity contribution in [1.29, 1.82) is 0 Å². The first kappa shape index (κ1) is 18.1. The van der Waals surface area contributed by atoms with Gasteiger partial charge < -0.3 is 4.98 Å². The molecule has 0 aliphatic heterocycles. The predicted molar refractivity (Wildman–Crippen MR) is 99.1 cm³/mol. The lowest BCUT2D eigenvalue weighted by molar-refractivity contribution is 0.147. The van der Waals surface area contributed by atoms with E-state index in [-0.39, 0.29) is 16.6 Å².